The van der Waals surface area contributed by atoms with Gasteiger partial charge in [0.15, 0.2) is 0 Å². The van der Waals surface area contributed by atoms with Crippen LogP contribution in [0.15, 0.2) is 11.6 Å². The van der Waals surface area contributed by atoms with E-state index in [1.54, 1.807) is 0 Å². The van der Waals surface area contributed by atoms with Gasteiger partial charge in [-0.1, -0.05) is 6.08 Å². The van der Waals surface area contributed by atoms with Crippen molar-refractivity contribution in [2.45, 2.75) is 50.1 Å². The highest BCUT2D eigenvalue weighted by atomic mass is 16.9. The monoisotopic (exact) mass is 240 g/mol. The number of allylic oxidation sites excluding steroid dienone is 1. The van der Waals surface area contributed by atoms with Crippen LogP contribution < -0.4 is 0 Å². The molecule has 2 unspecified atom stereocenters. The van der Waals surface area contributed by atoms with E-state index < -0.39 is 24.3 Å². The molecule has 2 N–H and O–H groups in total. The second-order valence-corrected chi connectivity index (χ2v) is 5.42. The lowest BCUT2D eigenvalue weighted by Gasteiger charge is -2.54. The average Bonchev–Trinajstić information content (AvgIpc) is 2.64. The lowest BCUT2D eigenvalue weighted by molar-refractivity contribution is -0.318. The molecule has 0 aromatic rings. The van der Waals surface area contributed by atoms with Crippen molar-refractivity contribution in [3.05, 3.63) is 11.6 Å². The lowest BCUT2D eigenvalue weighted by atomic mass is 9.74. The minimum absolute atomic E-state index is 0.0142. The zero-order chi connectivity index (χ0) is 12.3. The zero-order valence-corrected chi connectivity index (χ0v) is 10.1. The summed E-state index contributed by atoms with van der Waals surface area (Å²) in [6, 6.07) is 0. The Kier molecular flexibility index (Phi) is 2.29. The summed E-state index contributed by atoms with van der Waals surface area (Å²) in [7, 11) is -0.781. The maximum absolute atomic E-state index is 10.7. The van der Waals surface area contributed by atoms with Crippen LogP contribution in [0.3, 0.4) is 0 Å². The van der Waals surface area contributed by atoms with E-state index in [0.717, 1.165) is 24.8 Å². The quantitative estimate of drug-likeness (QED) is 0.511. The summed E-state index contributed by atoms with van der Waals surface area (Å²) >= 11 is 0. The van der Waals surface area contributed by atoms with Crippen molar-refractivity contribution in [3.8, 4) is 0 Å². The first-order valence-corrected chi connectivity index (χ1v) is 6.01. The van der Waals surface area contributed by atoms with Crippen LogP contribution in [0.1, 0.15) is 33.1 Å². The molecule has 3 fully saturated rings. The van der Waals surface area contributed by atoms with E-state index in [1.165, 1.54) is 13.8 Å². The van der Waals surface area contributed by atoms with Gasteiger partial charge in [-0.05, 0) is 38.7 Å². The molecule has 2 bridgehead atoms. The topological polar surface area (TPSA) is 68.2 Å². The number of hydrogen-bond donors (Lipinski definition) is 2. The fraction of sp³-hybridized carbons (Fsp3) is 0.818. The van der Waals surface area contributed by atoms with Crippen LogP contribution in [0.4, 0.5) is 0 Å². The summed E-state index contributed by atoms with van der Waals surface area (Å²) in [6.45, 7) is 3.06. The van der Waals surface area contributed by atoms with Crippen molar-refractivity contribution in [1.29, 1.82) is 0 Å². The first kappa shape index (κ1) is 11.7. The Morgan fingerprint density at radius 3 is 2.59 bits per heavy atom. The third-order valence-corrected chi connectivity index (χ3v) is 4.18. The van der Waals surface area contributed by atoms with Gasteiger partial charge in [-0.15, -0.1) is 0 Å². The summed E-state index contributed by atoms with van der Waals surface area (Å²) in [4.78, 5) is 0. The standard InChI is InChI=1S/C11H17BO5/c1-9(13)7-15-12-16-11(17-12,10(9,2)14)8-5-3-4-6-8/h5,13-14H,3-4,6-7H2,1-2H3. The summed E-state index contributed by atoms with van der Waals surface area (Å²) in [5.74, 6) is -1.24. The Labute approximate surface area is 101 Å². The van der Waals surface area contributed by atoms with Gasteiger partial charge in [-0.3, -0.25) is 0 Å². The first-order chi connectivity index (χ1) is 7.89. The lowest BCUT2D eigenvalue weighted by Crippen LogP contribution is -2.73. The van der Waals surface area contributed by atoms with Gasteiger partial charge < -0.3 is 24.2 Å². The van der Waals surface area contributed by atoms with E-state index >= 15 is 0 Å². The highest BCUT2D eigenvalue weighted by molar-refractivity contribution is 6.39. The fourth-order valence-corrected chi connectivity index (χ4v) is 2.74. The van der Waals surface area contributed by atoms with Crippen LogP contribution in [-0.2, 0) is 14.0 Å². The molecule has 6 heteroatoms. The number of rotatable bonds is 1. The van der Waals surface area contributed by atoms with Crippen LogP contribution in [0, 0.1) is 0 Å². The van der Waals surface area contributed by atoms with Crippen LogP contribution in [0.2, 0.25) is 0 Å². The van der Waals surface area contributed by atoms with E-state index in [-0.39, 0.29) is 6.61 Å². The van der Waals surface area contributed by atoms with Gasteiger partial charge in [-0.25, -0.2) is 0 Å². The minimum Gasteiger partial charge on any atom is -0.385 e. The van der Waals surface area contributed by atoms with Gasteiger partial charge in [0, 0.05) is 0 Å². The van der Waals surface area contributed by atoms with E-state index in [0.29, 0.717) is 0 Å². The molecule has 17 heavy (non-hydrogen) atoms. The van der Waals surface area contributed by atoms with Crippen molar-refractivity contribution in [2.75, 3.05) is 6.61 Å². The second-order valence-electron chi connectivity index (χ2n) is 5.42. The second kappa shape index (κ2) is 3.33. The largest absolute Gasteiger partial charge is 0.644 e. The summed E-state index contributed by atoms with van der Waals surface area (Å²) < 4.78 is 16.4. The van der Waals surface area contributed by atoms with Crippen LogP contribution in [0.25, 0.3) is 0 Å². The van der Waals surface area contributed by atoms with Gasteiger partial charge in [0.05, 0.1) is 6.61 Å². The Hall–Kier alpha value is -0.395. The molecule has 4 rings (SSSR count). The van der Waals surface area contributed by atoms with E-state index in [1.807, 2.05) is 6.08 Å². The van der Waals surface area contributed by atoms with Crippen molar-refractivity contribution < 1.29 is 24.2 Å². The molecule has 1 aliphatic carbocycles. The van der Waals surface area contributed by atoms with E-state index in [4.69, 9.17) is 14.0 Å². The first-order valence-electron chi connectivity index (χ1n) is 6.01. The normalized spacial score (nSPS) is 49.6. The molecule has 5 nitrogen and oxygen atoms in total. The predicted molar refractivity (Wildman–Crippen MR) is 59.8 cm³/mol. The molecular weight excluding hydrogens is 223 g/mol. The molecule has 94 valence electrons. The number of fused-ring (bicyclic) bond motifs is 3. The minimum atomic E-state index is -1.54. The van der Waals surface area contributed by atoms with Gasteiger partial charge in [0.1, 0.15) is 11.2 Å². The summed E-state index contributed by atoms with van der Waals surface area (Å²) in [6.07, 6.45) is 4.81. The smallest absolute Gasteiger partial charge is 0.385 e. The molecule has 0 aromatic heterocycles. The van der Waals surface area contributed by atoms with Gasteiger partial charge in [0.2, 0.25) is 5.79 Å². The van der Waals surface area contributed by atoms with Crippen molar-refractivity contribution in [2.24, 2.45) is 0 Å². The maximum atomic E-state index is 10.7. The highest BCUT2D eigenvalue weighted by Crippen LogP contribution is 2.52. The van der Waals surface area contributed by atoms with Crippen molar-refractivity contribution in [1.82, 2.24) is 0 Å². The molecule has 2 atom stereocenters. The summed E-state index contributed by atoms with van der Waals surface area (Å²) in [5.41, 5.74) is -2.05. The van der Waals surface area contributed by atoms with Gasteiger partial charge >= 0.3 is 7.32 Å². The van der Waals surface area contributed by atoms with E-state index in [9.17, 15) is 10.2 Å². The zero-order valence-electron chi connectivity index (χ0n) is 10.1. The van der Waals surface area contributed by atoms with Crippen LogP contribution in [0.5, 0.6) is 0 Å². The molecule has 4 aliphatic rings. The Balaban J connectivity index is 2.04. The SMILES string of the molecule is CC1(O)COB2OC(C3=CCCC3)(O2)C1(C)O. The van der Waals surface area contributed by atoms with Crippen molar-refractivity contribution >= 4 is 7.32 Å². The molecule has 0 radical (unpaired) electrons. The molecule has 0 saturated carbocycles. The predicted octanol–water partition coefficient (Wildman–Crippen LogP) is 0.357. The molecule has 0 aromatic carbocycles. The maximum Gasteiger partial charge on any atom is 0.644 e. The Morgan fingerprint density at radius 1 is 1.29 bits per heavy atom. The molecule has 0 spiro atoms. The number of aliphatic hydroxyl groups is 2. The average molecular weight is 240 g/mol. The third-order valence-electron chi connectivity index (χ3n) is 4.18. The third kappa shape index (κ3) is 1.33. The fourth-order valence-electron chi connectivity index (χ4n) is 2.74. The van der Waals surface area contributed by atoms with Gasteiger partial charge in [-0.2, -0.15) is 0 Å². The molecule has 3 saturated heterocycles. The number of hydrogen-bond acceptors (Lipinski definition) is 5. The van der Waals surface area contributed by atoms with Crippen LogP contribution in [-0.4, -0.2) is 41.1 Å². The van der Waals surface area contributed by atoms with Gasteiger partial charge in [0.25, 0.3) is 0 Å². The van der Waals surface area contributed by atoms with E-state index in [2.05, 4.69) is 0 Å². The molecule has 3 heterocycles. The molecule has 0 amide bonds. The summed E-state index contributed by atoms with van der Waals surface area (Å²) in [5, 5.41) is 21.0. The Bertz CT molecular complexity index is 370. The van der Waals surface area contributed by atoms with Crippen molar-refractivity contribution in [3.63, 3.8) is 0 Å². The van der Waals surface area contributed by atoms with Crippen LogP contribution >= 0.6 is 0 Å². The molecular formula is C11H17BO5. The Morgan fingerprint density at radius 2 is 2.00 bits per heavy atom. The highest BCUT2D eigenvalue weighted by Gasteiger charge is 2.72. The molecule has 3 aliphatic heterocycles.